The Hall–Kier alpha value is -2.51. The molecule has 0 atom stereocenters. The number of hydrogen-bond donors (Lipinski definition) is 1. The molecule has 3 rings (SSSR count). The van der Waals surface area contributed by atoms with E-state index < -0.39 is 15.9 Å². The van der Waals surface area contributed by atoms with Gasteiger partial charge in [-0.15, -0.1) is 0 Å². The summed E-state index contributed by atoms with van der Waals surface area (Å²) in [5, 5.41) is 3.99. The minimum absolute atomic E-state index is 0.139. The third-order valence-corrected chi connectivity index (χ3v) is 6.93. The predicted molar refractivity (Wildman–Crippen MR) is 115 cm³/mol. The molecule has 0 radical (unpaired) electrons. The number of amides is 1. The Labute approximate surface area is 172 Å². The molecule has 0 spiro atoms. The Morgan fingerprint density at radius 3 is 2.41 bits per heavy atom. The van der Waals surface area contributed by atoms with E-state index in [0.717, 1.165) is 24.8 Å². The van der Waals surface area contributed by atoms with Crippen LogP contribution in [0.25, 0.3) is 0 Å². The van der Waals surface area contributed by atoms with Gasteiger partial charge in [0, 0.05) is 18.7 Å². The van der Waals surface area contributed by atoms with E-state index in [4.69, 9.17) is 0 Å². The van der Waals surface area contributed by atoms with Gasteiger partial charge in [-0.25, -0.2) is 13.8 Å². The summed E-state index contributed by atoms with van der Waals surface area (Å²) in [5.74, 6) is 0.00456. The van der Waals surface area contributed by atoms with Crippen LogP contribution in [-0.4, -0.2) is 37.9 Å². The summed E-state index contributed by atoms with van der Waals surface area (Å²) in [6, 6.07) is 14.0. The van der Waals surface area contributed by atoms with Crippen molar-refractivity contribution in [1.82, 2.24) is 9.73 Å². The van der Waals surface area contributed by atoms with Crippen LogP contribution in [0.2, 0.25) is 0 Å². The lowest BCUT2D eigenvalue weighted by Crippen LogP contribution is -2.35. The molecule has 1 heterocycles. The average Bonchev–Trinajstić information content (AvgIpc) is 2.74. The van der Waals surface area contributed by atoms with Crippen molar-refractivity contribution in [2.24, 2.45) is 5.10 Å². The minimum atomic E-state index is -3.58. The Kier molecular flexibility index (Phi) is 6.82. The van der Waals surface area contributed by atoms with Gasteiger partial charge < -0.3 is 0 Å². The van der Waals surface area contributed by atoms with Gasteiger partial charge in [-0.05, 0) is 48.1 Å². The molecule has 0 saturated carbocycles. The maximum Gasteiger partial charge on any atom is 0.271 e. The van der Waals surface area contributed by atoms with Gasteiger partial charge in [0.1, 0.15) is 0 Å². The predicted octanol–water partition coefficient (Wildman–Crippen LogP) is 3.75. The fraction of sp³-hybridized carbons (Fsp3) is 0.364. The Morgan fingerprint density at radius 1 is 1.07 bits per heavy atom. The van der Waals surface area contributed by atoms with Crippen LogP contribution in [0.15, 0.2) is 58.5 Å². The fourth-order valence-electron chi connectivity index (χ4n) is 3.25. The number of hydrazone groups is 1. The quantitative estimate of drug-likeness (QED) is 0.579. The molecule has 2 aromatic rings. The molecular weight excluding hydrogens is 386 g/mol. The highest BCUT2D eigenvalue weighted by atomic mass is 32.2. The highest BCUT2D eigenvalue weighted by Crippen LogP contribution is 2.21. The largest absolute Gasteiger partial charge is 0.271 e. The summed E-state index contributed by atoms with van der Waals surface area (Å²) in [6.45, 7) is 5.31. The van der Waals surface area contributed by atoms with E-state index in [1.807, 2.05) is 24.3 Å². The van der Waals surface area contributed by atoms with Crippen molar-refractivity contribution in [2.45, 2.75) is 43.9 Å². The highest BCUT2D eigenvalue weighted by molar-refractivity contribution is 7.89. The minimum Gasteiger partial charge on any atom is -0.267 e. The Balaban J connectivity index is 1.67. The van der Waals surface area contributed by atoms with Crippen LogP contribution in [0.5, 0.6) is 0 Å². The molecule has 1 amide bonds. The summed E-state index contributed by atoms with van der Waals surface area (Å²) in [7, 11) is -3.58. The topological polar surface area (TPSA) is 78.8 Å². The van der Waals surface area contributed by atoms with Gasteiger partial charge in [-0.1, -0.05) is 50.6 Å². The van der Waals surface area contributed by atoms with Gasteiger partial charge >= 0.3 is 0 Å². The van der Waals surface area contributed by atoms with Crippen molar-refractivity contribution in [3.63, 3.8) is 0 Å². The second kappa shape index (κ2) is 9.33. The van der Waals surface area contributed by atoms with Crippen LogP contribution in [0, 0.1) is 0 Å². The molecule has 1 aliphatic heterocycles. The van der Waals surface area contributed by atoms with E-state index in [-0.39, 0.29) is 10.5 Å². The van der Waals surface area contributed by atoms with Crippen molar-refractivity contribution in [3.8, 4) is 0 Å². The lowest BCUT2D eigenvalue weighted by Gasteiger charge is -2.25. The molecule has 1 fully saturated rings. The molecule has 0 bridgehead atoms. The van der Waals surface area contributed by atoms with Crippen LogP contribution < -0.4 is 5.43 Å². The number of sulfonamides is 1. The zero-order chi connectivity index (χ0) is 20.9. The zero-order valence-corrected chi connectivity index (χ0v) is 17.7. The lowest BCUT2D eigenvalue weighted by molar-refractivity contribution is 0.0955. The van der Waals surface area contributed by atoms with E-state index in [0.29, 0.717) is 19.0 Å². The van der Waals surface area contributed by atoms with Crippen LogP contribution in [0.4, 0.5) is 0 Å². The molecular formula is C22H27N3O3S. The highest BCUT2D eigenvalue weighted by Gasteiger charge is 2.26. The number of rotatable bonds is 6. The summed E-state index contributed by atoms with van der Waals surface area (Å²) < 4.78 is 27.1. The molecule has 154 valence electrons. The van der Waals surface area contributed by atoms with Crippen molar-refractivity contribution < 1.29 is 13.2 Å². The van der Waals surface area contributed by atoms with Crippen molar-refractivity contribution in [3.05, 3.63) is 65.2 Å². The molecule has 0 aliphatic carbocycles. The summed E-state index contributed by atoms with van der Waals surface area (Å²) in [5.41, 5.74) is 4.83. The standard InChI is InChI=1S/C22H27N3O3S/c1-17(2)19-11-9-18(10-12-19)16-23-24-22(26)20-7-6-8-21(15-20)29(27,28)25-13-4-3-5-14-25/h6-12,15-17H,3-5,13-14H2,1-2H3,(H,24,26)/b23-16-. The lowest BCUT2D eigenvalue weighted by atomic mass is 10.0. The van der Waals surface area contributed by atoms with Gasteiger partial charge in [0.05, 0.1) is 11.1 Å². The first-order valence-electron chi connectivity index (χ1n) is 9.91. The summed E-state index contributed by atoms with van der Waals surface area (Å²) >= 11 is 0. The van der Waals surface area contributed by atoms with Gasteiger partial charge in [0.15, 0.2) is 0 Å². The van der Waals surface area contributed by atoms with Gasteiger partial charge in [0.25, 0.3) is 5.91 Å². The zero-order valence-electron chi connectivity index (χ0n) is 16.8. The second-order valence-electron chi connectivity index (χ2n) is 7.51. The van der Waals surface area contributed by atoms with Crippen molar-refractivity contribution in [1.29, 1.82) is 0 Å². The molecule has 1 aliphatic rings. The van der Waals surface area contributed by atoms with E-state index in [1.165, 1.54) is 22.0 Å². The molecule has 29 heavy (non-hydrogen) atoms. The summed E-state index contributed by atoms with van der Waals surface area (Å²) in [6.07, 6.45) is 4.35. The van der Waals surface area contributed by atoms with Crippen molar-refractivity contribution >= 4 is 22.1 Å². The average molecular weight is 414 g/mol. The summed E-state index contributed by atoms with van der Waals surface area (Å²) in [4.78, 5) is 12.5. The SMILES string of the molecule is CC(C)c1ccc(/C=N\NC(=O)c2cccc(S(=O)(=O)N3CCCCC3)c2)cc1. The van der Waals surface area contributed by atoms with E-state index >= 15 is 0 Å². The molecule has 6 nitrogen and oxygen atoms in total. The van der Waals surface area contributed by atoms with Gasteiger partial charge in [0.2, 0.25) is 10.0 Å². The smallest absolute Gasteiger partial charge is 0.267 e. The molecule has 0 aromatic heterocycles. The molecule has 1 N–H and O–H groups in total. The van der Waals surface area contributed by atoms with Crippen LogP contribution in [0.3, 0.4) is 0 Å². The molecule has 7 heteroatoms. The first kappa shape index (κ1) is 21.2. The van der Waals surface area contributed by atoms with Crippen LogP contribution in [0.1, 0.15) is 60.5 Å². The Morgan fingerprint density at radius 2 is 1.76 bits per heavy atom. The molecule has 1 saturated heterocycles. The Bertz CT molecular complexity index is 977. The first-order chi connectivity index (χ1) is 13.9. The van der Waals surface area contributed by atoms with Crippen LogP contribution >= 0.6 is 0 Å². The third-order valence-electron chi connectivity index (χ3n) is 5.03. The maximum absolute atomic E-state index is 12.8. The van der Waals surface area contributed by atoms with Gasteiger partial charge in [-0.3, -0.25) is 4.79 Å². The fourth-order valence-corrected chi connectivity index (χ4v) is 4.81. The first-order valence-corrected chi connectivity index (χ1v) is 11.4. The van der Waals surface area contributed by atoms with E-state index in [1.54, 1.807) is 18.3 Å². The number of benzene rings is 2. The normalized spacial score (nSPS) is 15.7. The van der Waals surface area contributed by atoms with Crippen LogP contribution in [-0.2, 0) is 10.0 Å². The maximum atomic E-state index is 12.8. The molecule has 0 unspecified atom stereocenters. The number of carbonyl (C=O) groups is 1. The van der Waals surface area contributed by atoms with Crippen molar-refractivity contribution in [2.75, 3.05) is 13.1 Å². The number of carbonyl (C=O) groups excluding carboxylic acids is 1. The van der Waals surface area contributed by atoms with Gasteiger partial charge in [-0.2, -0.15) is 9.41 Å². The number of nitrogens with one attached hydrogen (secondary N) is 1. The second-order valence-corrected chi connectivity index (χ2v) is 9.45. The van der Waals surface area contributed by atoms with E-state index in [9.17, 15) is 13.2 Å². The third kappa shape index (κ3) is 5.31. The number of nitrogens with zero attached hydrogens (tertiary/aromatic N) is 2. The monoisotopic (exact) mass is 413 g/mol. The molecule has 2 aromatic carbocycles. The number of piperidine rings is 1. The number of hydrogen-bond acceptors (Lipinski definition) is 4. The van der Waals surface area contributed by atoms with E-state index in [2.05, 4.69) is 24.4 Å².